The van der Waals surface area contributed by atoms with Gasteiger partial charge in [-0.1, -0.05) is 23.2 Å². The molecular formula is C15H18Cl2N2O3S. The molecule has 0 aromatic heterocycles. The molecule has 0 N–H and O–H groups in total. The van der Waals surface area contributed by atoms with Crippen LogP contribution in [0.15, 0.2) is 18.2 Å². The molecule has 2 fully saturated rings. The van der Waals surface area contributed by atoms with Crippen molar-refractivity contribution in [3.05, 3.63) is 33.8 Å². The summed E-state index contributed by atoms with van der Waals surface area (Å²) >= 11 is 12.1. The molecule has 0 unspecified atom stereocenters. The number of rotatable bonds is 2. The third kappa shape index (κ3) is 3.65. The summed E-state index contributed by atoms with van der Waals surface area (Å²) in [5, 5.41) is 1.12. The molecule has 0 saturated carbocycles. The molecule has 2 atom stereocenters. The number of carbonyl (C=O) groups is 1. The van der Waals surface area contributed by atoms with Crippen LogP contribution in [0.5, 0.6) is 0 Å². The molecule has 0 radical (unpaired) electrons. The summed E-state index contributed by atoms with van der Waals surface area (Å²) < 4.78 is 24.1. The first-order valence-electron chi connectivity index (χ1n) is 7.42. The molecule has 1 amide bonds. The van der Waals surface area contributed by atoms with Gasteiger partial charge in [-0.05, 0) is 23.8 Å². The number of halogens is 2. The Labute approximate surface area is 146 Å². The minimum atomic E-state index is -3.12. The van der Waals surface area contributed by atoms with Crippen molar-refractivity contribution >= 4 is 38.9 Å². The average Bonchev–Trinajstić information content (AvgIpc) is 2.72. The molecule has 2 saturated heterocycles. The molecule has 1 aromatic carbocycles. The number of carbonyl (C=O) groups excluding carboxylic acids is 1. The number of amides is 1. The molecule has 8 heteroatoms. The molecule has 2 aliphatic heterocycles. The predicted molar refractivity (Wildman–Crippen MR) is 90.5 cm³/mol. The van der Waals surface area contributed by atoms with Gasteiger partial charge in [-0.3, -0.25) is 9.69 Å². The monoisotopic (exact) mass is 376 g/mol. The van der Waals surface area contributed by atoms with Gasteiger partial charge in [0.15, 0.2) is 9.84 Å². The highest BCUT2D eigenvalue weighted by molar-refractivity contribution is 7.91. The Hall–Kier alpha value is -0.820. The van der Waals surface area contributed by atoms with Gasteiger partial charge in [0.1, 0.15) is 0 Å². The van der Waals surface area contributed by atoms with Crippen LogP contribution in [0, 0.1) is 0 Å². The number of piperazine rings is 1. The van der Waals surface area contributed by atoms with Gasteiger partial charge in [-0.25, -0.2) is 8.42 Å². The summed E-state index contributed by atoms with van der Waals surface area (Å²) in [6.45, 7) is 3.25. The third-order valence-corrected chi connectivity index (χ3v) is 6.64. The molecule has 126 valence electrons. The Morgan fingerprint density at radius 1 is 1.13 bits per heavy atom. The molecule has 0 spiro atoms. The molecule has 2 heterocycles. The molecule has 1 aromatic rings. The first-order chi connectivity index (χ1) is 10.7. The van der Waals surface area contributed by atoms with Gasteiger partial charge in [-0.15, -0.1) is 0 Å². The fourth-order valence-electron chi connectivity index (χ4n) is 3.55. The zero-order chi connectivity index (χ0) is 16.8. The van der Waals surface area contributed by atoms with E-state index in [1.165, 1.54) is 6.92 Å². The fraction of sp³-hybridized carbons (Fsp3) is 0.533. The van der Waals surface area contributed by atoms with Crippen LogP contribution in [-0.2, 0) is 21.2 Å². The molecular weight excluding hydrogens is 359 g/mol. The summed E-state index contributed by atoms with van der Waals surface area (Å²) in [4.78, 5) is 15.6. The number of sulfone groups is 1. The zero-order valence-corrected chi connectivity index (χ0v) is 15.0. The highest BCUT2D eigenvalue weighted by atomic mass is 35.5. The van der Waals surface area contributed by atoms with Crippen molar-refractivity contribution in [3.8, 4) is 0 Å². The van der Waals surface area contributed by atoms with E-state index in [0.717, 1.165) is 5.56 Å². The number of hydrogen-bond acceptors (Lipinski definition) is 4. The van der Waals surface area contributed by atoms with E-state index >= 15 is 0 Å². The topological polar surface area (TPSA) is 57.7 Å². The summed E-state index contributed by atoms with van der Waals surface area (Å²) in [5.74, 6) is 0.0716. The van der Waals surface area contributed by atoms with Crippen molar-refractivity contribution < 1.29 is 13.2 Å². The van der Waals surface area contributed by atoms with Crippen molar-refractivity contribution in [2.24, 2.45) is 0 Å². The lowest BCUT2D eigenvalue weighted by Gasteiger charge is -2.43. The Balaban J connectivity index is 1.85. The minimum Gasteiger partial charge on any atom is -0.336 e. The van der Waals surface area contributed by atoms with Crippen LogP contribution in [-0.4, -0.2) is 60.8 Å². The van der Waals surface area contributed by atoms with Crippen LogP contribution in [0.25, 0.3) is 0 Å². The second kappa shape index (κ2) is 6.24. The highest BCUT2D eigenvalue weighted by Crippen LogP contribution is 2.29. The molecule has 0 aliphatic carbocycles. The van der Waals surface area contributed by atoms with Gasteiger partial charge in [0, 0.05) is 42.6 Å². The molecule has 0 bridgehead atoms. The highest BCUT2D eigenvalue weighted by Gasteiger charge is 2.47. The molecule has 3 rings (SSSR count). The van der Waals surface area contributed by atoms with E-state index in [9.17, 15) is 13.2 Å². The Kier molecular flexibility index (Phi) is 4.62. The summed E-state index contributed by atoms with van der Waals surface area (Å²) in [6, 6.07) is 4.91. The lowest BCUT2D eigenvalue weighted by molar-refractivity contribution is -0.134. The van der Waals surface area contributed by atoms with Crippen LogP contribution in [0.3, 0.4) is 0 Å². The molecule has 5 nitrogen and oxygen atoms in total. The predicted octanol–water partition coefficient (Wildman–Crippen LogP) is 1.82. The van der Waals surface area contributed by atoms with E-state index in [2.05, 4.69) is 4.90 Å². The minimum absolute atomic E-state index is 0.0457. The first kappa shape index (κ1) is 17.0. The maximum Gasteiger partial charge on any atom is 0.219 e. The zero-order valence-electron chi connectivity index (χ0n) is 12.7. The standard InChI is InChI=1S/C15H18Cl2N2O3S/c1-10(20)19-3-2-18(14-8-23(21,22)9-15(14)19)7-11-4-12(16)6-13(17)5-11/h4-6,14-15H,2-3,7-9H2,1H3/t14-,15+/m0/s1. The van der Waals surface area contributed by atoms with E-state index in [-0.39, 0.29) is 29.5 Å². The quantitative estimate of drug-likeness (QED) is 0.789. The second-order valence-electron chi connectivity index (χ2n) is 6.17. The van der Waals surface area contributed by atoms with Crippen LogP contribution in [0.2, 0.25) is 10.0 Å². The molecule has 23 heavy (non-hydrogen) atoms. The van der Waals surface area contributed by atoms with E-state index in [1.54, 1.807) is 11.0 Å². The third-order valence-electron chi connectivity index (χ3n) is 4.50. The summed E-state index contributed by atoms with van der Waals surface area (Å²) in [7, 11) is -3.12. The van der Waals surface area contributed by atoms with Crippen molar-refractivity contribution in [2.75, 3.05) is 24.6 Å². The smallest absolute Gasteiger partial charge is 0.219 e. The van der Waals surface area contributed by atoms with E-state index < -0.39 is 9.84 Å². The lowest BCUT2D eigenvalue weighted by Crippen LogP contribution is -2.59. The van der Waals surface area contributed by atoms with Crippen LogP contribution >= 0.6 is 23.2 Å². The normalized spacial score (nSPS) is 27.0. The maximum absolute atomic E-state index is 12.1. The fourth-order valence-corrected chi connectivity index (χ4v) is 6.13. The average molecular weight is 377 g/mol. The lowest BCUT2D eigenvalue weighted by atomic mass is 10.0. The van der Waals surface area contributed by atoms with E-state index in [4.69, 9.17) is 23.2 Å². The van der Waals surface area contributed by atoms with Crippen molar-refractivity contribution in [2.45, 2.75) is 25.6 Å². The van der Waals surface area contributed by atoms with Crippen LogP contribution in [0.4, 0.5) is 0 Å². The maximum atomic E-state index is 12.1. The van der Waals surface area contributed by atoms with Gasteiger partial charge in [-0.2, -0.15) is 0 Å². The van der Waals surface area contributed by atoms with Crippen molar-refractivity contribution in [3.63, 3.8) is 0 Å². The molecule has 2 aliphatic rings. The van der Waals surface area contributed by atoms with Gasteiger partial charge < -0.3 is 4.90 Å². The van der Waals surface area contributed by atoms with Crippen molar-refractivity contribution in [1.29, 1.82) is 0 Å². The van der Waals surface area contributed by atoms with E-state index in [1.807, 2.05) is 12.1 Å². The number of benzene rings is 1. The SMILES string of the molecule is CC(=O)N1CCN(Cc2cc(Cl)cc(Cl)c2)[C@H]2CS(=O)(=O)C[C@H]21. The summed E-state index contributed by atoms with van der Waals surface area (Å²) in [6.07, 6.45) is 0. The van der Waals surface area contributed by atoms with Gasteiger partial charge in [0.25, 0.3) is 0 Å². The first-order valence-corrected chi connectivity index (χ1v) is 9.99. The number of nitrogens with zero attached hydrogens (tertiary/aromatic N) is 2. The van der Waals surface area contributed by atoms with E-state index in [0.29, 0.717) is 29.7 Å². The van der Waals surface area contributed by atoms with Gasteiger partial charge >= 0.3 is 0 Å². The number of hydrogen-bond donors (Lipinski definition) is 0. The van der Waals surface area contributed by atoms with Crippen LogP contribution in [0.1, 0.15) is 12.5 Å². The largest absolute Gasteiger partial charge is 0.336 e. The Bertz CT molecular complexity index is 718. The Morgan fingerprint density at radius 2 is 1.74 bits per heavy atom. The van der Waals surface area contributed by atoms with Gasteiger partial charge in [0.2, 0.25) is 5.91 Å². The Morgan fingerprint density at radius 3 is 2.35 bits per heavy atom. The summed E-state index contributed by atoms with van der Waals surface area (Å²) in [5.41, 5.74) is 0.946. The number of fused-ring (bicyclic) bond motifs is 1. The van der Waals surface area contributed by atoms with Gasteiger partial charge in [0.05, 0.1) is 17.5 Å². The van der Waals surface area contributed by atoms with Crippen LogP contribution < -0.4 is 0 Å². The second-order valence-corrected chi connectivity index (χ2v) is 9.20. The van der Waals surface area contributed by atoms with Crippen molar-refractivity contribution in [1.82, 2.24) is 9.80 Å².